The fourth-order valence-electron chi connectivity index (χ4n) is 7.60. The number of fused-ring (bicyclic) bond motifs is 2. The number of amides is 2. The summed E-state index contributed by atoms with van der Waals surface area (Å²) in [5.41, 5.74) is 2.20. The Hall–Kier alpha value is -3.96. The smallest absolute Gasteiger partial charge is 0.310 e. The second kappa shape index (κ2) is 12.8. The minimum absolute atomic E-state index is 0.0434. The van der Waals surface area contributed by atoms with Crippen LogP contribution in [0.15, 0.2) is 79.9 Å². The fourth-order valence-corrected chi connectivity index (χ4v) is 9.99. The maximum absolute atomic E-state index is 15.0. The molecule has 6 rings (SSSR count). The Balaban J connectivity index is 1.42. The third kappa shape index (κ3) is 5.15. The van der Waals surface area contributed by atoms with Crippen LogP contribution in [0.25, 0.3) is 11.0 Å². The summed E-state index contributed by atoms with van der Waals surface area (Å²) in [6.07, 6.45) is 5.49. The summed E-state index contributed by atoms with van der Waals surface area (Å²) in [5, 5.41) is 19.2. The predicted octanol–water partition coefficient (Wildman–Crippen LogP) is 3.98. The lowest BCUT2D eigenvalue weighted by molar-refractivity contribution is -0.155. The summed E-state index contributed by atoms with van der Waals surface area (Å²) in [5.74, 6) is -2.44. The van der Waals surface area contributed by atoms with E-state index in [9.17, 15) is 19.5 Å². The van der Waals surface area contributed by atoms with Gasteiger partial charge in [0, 0.05) is 11.8 Å². The highest BCUT2D eigenvalue weighted by atomic mass is 32.2. The van der Waals surface area contributed by atoms with Crippen molar-refractivity contribution in [1.82, 2.24) is 24.8 Å². The van der Waals surface area contributed by atoms with Crippen LogP contribution in [0.5, 0.6) is 0 Å². The largest absolute Gasteiger partial charge is 0.465 e. The molecule has 2 amide bonds. The van der Waals surface area contributed by atoms with Crippen LogP contribution in [-0.4, -0.2) is 83.5 Å². The number of rotatable bonds is 13. The van der Waals surface area contributed by atoms with E-state index in [1.807, 2.05) is 54.6 Å². The lowest BCUT2D eigenvalue weighted by Gasteiger charge is -2.42. The molecule has 7 atom stereocenters. The Bertz CT molecular complexity index is 1600. The van der Waals surface area contributed by atoms with E-state index in [4.69, 9.17) is 4.74 Å². The van der Waals surface area contributed by atoms with Gasteiger partial charge in [-0.15, -0.1) is 30.0 Å². The molecule has 3 aliphatic heterocycles. The summed E-state index contributed by atoms with van der Waals surface area (Å²) in [7, 11) is 0. The lowest BCUT2D eigenvalue weighted by atomic mass is 9.66. The van der Waals surface area contributed by atoms with Crippen LogP contribution in [0.1, 0.15) is 37.8 Å². The Morgan fingerprint density at radius 3 is 2.67 bits per heavy atom. The van der Waals surface area contributed by atoms with Crippen molar-refractivity contribution in [3.05, 3.63) is 85.5 Å². The van der Waals surface area contributed by atoms with Gasteiger partial charge in [-0.25, -0.2) is 4.68 Å². The minimum Gasteiger partial charge on any atom is -0.465 e. The highest BCUT2D eigenvalue weighted by Crippen LogP contribution is 2.69. The molecule has 3 fully saturated rings. The molecule has 236 valence electrons. The molecule has 2 aromatic carbocycles. The second-order valence-electron chi connectivity index (χ2n) is 12.1. The highest BCUT2D eigenvalue weighted by molar-refractivity contribution is 8.02. The highest BCUT2D eigenvalue weighted by Gasteiger charge is 2.77. The normalized spacial score (nSPS) is 27.4. The van der Waals surface area contributed by atoms with Crippen molar-refractivity contribution in [1.29, 1.82) is 0 Å². The van der Waals surface area contributed by atoms with Crippen LogP contribution in [0.3, 0.4) is 0 Å². The number of hydrogen-bond donors (Lipinski definition) is 1. The number of likely N-dealkylation sites (tertiary alicyclic amines) is 1. The summed E-state index contributed by atoms with van der Waals surface area (Å²) >= 11 is 1.58. The molecule has 1 aromatic heterocycles. The number of carbonyl (C=O) groups is 3. The van der Waals surface area contributed by atoms with Gasteiger partial charge in [0.2, 0.25) is 11.8 Å². The first-order valence-corrected chi connectivity index (χ1v) is 16.4. The molecule has 3 aromatic rings. The SMILES string of the molecule is C=CCCCOC(=O)[C@@H]1[C@H]2C(=O)N([C@H](CO)c3ccccc3)C(C(=O)N(CC=C)Cn3nnc4ccccc43)C23S[C@@H]1CC3C. The number of aliphatic hydroxyl groups is 1. The van der Waals surface area contributed by atoms with Gasteiger partial charge in [0.25, 0.3) is 0 Å². The van der Waals surface area contributed by atoms with Crippen molar-refractivity contribution in [3.63, 3.8) is 0 Å². The van der Waals surface area contributed by atoms with Crippen molar-refractivity contribution in [2.24, 2.45) is 17.8 Å². The summed E-state index contributed by atoms with van der Waals surface area (Å²) < 4.78 is 6.51. The number of allylic oxidation sites excluding steroid dienone is 1. The zero-order valence-corrected chi connectivity index (χ0v) is 26.2. The number of hydrogen-bond acceptors (Lipinski definition) is 8. The van der Waals surface area contributed by atoms with Crippen LogP contribution < -0.4 is 0 Å². The average molecular weight is 630 g/mol. The molecule has 3 aliphatic rings. The fraction of sp³-hybridized carbons (Fsp3) is 0.441. The number of ether oxygens (including phenoxy) is 1. The van der Waals surface area contributed by atoms with E-state index >= 15 is 0 Å². The van der Waals surface area contributed by atoms with E-state index in [2.05, 4.69) is 30.4 Å². The van der Waals surface area contributed by atoms with Gasteiger partial charge in [-0.05, 0) is 42.9 Å². The molecular weight excluding hydrogens is 590 g/mol. The van der Waals surface area contributed by atoms with E-state index in [0.717, 1.165) is 17.5 Å². The molecule has 45 heavy (non-hydrogen) atoms. The van der Waals surface area contributed by atoms with Crippen LogP contribution in [0.4, 0.5) is 0 Å². The summed E-state index contributed by atoms with van der Waals surface area (Å²) in [6, 6.07) is 15.1. The van der Waals surface area contributed by atoms with E-state index in [0.29, 0.717) is 18.4 Å². The first-order valence-electron chi connectivity index (χ1n) is 15.5. The van der Waals surface area contributed by atoms with Gasteiger partial charge in [-0.1, -0.05) is 66.8 Å². The van der Waals surface area contributed by atoms with Crippen molar-refractivity contribution in [2.75, 3.05) is 19.8 Å². The maximum Gasteiger partial charge on any atom is 0.310 e. The number of aliphatic hydroxyl groups excluding tert-OH is 1. The number of esters is 1. The van der Waals surface area contributed by atoms with E-state index < -0.39 is 34.6 Å². The molecule has 4 heterocycles. The van der Waals surface area contributed by atoms with Gasteiger partial charge in [0.05, 0.1) is 41.4 Å². The van der Waals surface area contributed by atoms with Gasteiger partial charge in [-0.2, -0.15) is 0 Å². The Morgan fingerprint density at radius 2 is 1.93 bits per heavy atom. The summed E-state index contributed by atoms with van der Waals surface area (Å²) in [4.78, 5) is 46.6. The number of carbonyl (C=O) groups excluding carboxylic acids is 3. The molecule has 3 unspecified atom stereocenters. The molecule has 10 nitrogen and oxygen atoms in total. The van der Waals surface area contributed by atoms with Crippen LogP contribution >= 0.6 is 11.8 Å². The number of para-hydroxylation sites is 1. The molecular formula is C34H39N5O5S. The van der Waals surface area contributed by atoms with Crippen molar-refractivity contribution < 1.29 is 24.2 Å². The molecule has 1 N–H and O–H groups in total. The van der Waals surface area contributed by atoms with Crippen molar-refractivity contribution in [2.45, 2.75) is 54.9 Å². The topological polar surface area (TPSA) is 118 Å². The average Bonchev–Trinajstić information content (AvgIpc) is 3.77. The number of unbranched alkanes of at least 4 members (excludes halogenated alkanes) is 1. The lowest BCUT2D eigenvalue weighted by Crippen LogP contribution is -2.58. The minimum atomic E-state index is -0.939. The molecule has 2 bridgehead atoms. The molecule has 0 saturated carbocycles. The van der Waals surface area contributed by atoms with Crippen molar-refractivity contribution >= 4 is 40.6 Å². The van der Waals surface area contributed by atoms with E-state index in [-0.39, 0.29) is 49.4 Å². The van der Waals surface area contributed by atoms with Gasteiger partial charge < -0.3 is 19.6 Å². The number of thioether (sulfide) groups is 1. The zero-order chi connectivity index (χ0) is 31.7. The first kappa shape index (κ1) is 31.0. The number of aromatic nitrogens is 3. The standard InChI is InChI=1S/C34H39N5O5S/c1-4-6-12-18-44-33(43)28-27-19-22(3)34(45-27)29(28)31(41)39(26(20-40)23-13-8-7-9-14-23)30(34)32(42)37(17-5-2)21-38-25-16-11-10-15-24(25)35-36-38/h4-5,7-11,13-16,22,26-30,40H,1-2,6,12,17-21H2,3H3/t22?,26-,27-,28+,29+,30?,34?/m1/s1. The third-order valence-corrected chi connectivity index (χ3v) is 11.6. The number of benzene rings is 2. The van der Waals surface area contributed by atoms with Gasteiger partial charge in [-0.3, -0.25) is 14.4 Å². The van der Waals surface area contributed by atoms with Crippen molar-refractivity contribution in [3.8, 4) is 0 Å². The van der Waals surface area contributed by atoms with Gasteiger partial charge in [0.1, 0.15) is 18.2 Å². The Labute approximate surface area is 267 Å². The van der Waals surface area contributed by atoms with Gasteiger partial charge in [0.15, 0.2) is 0 Å². The Kier molecular flexibility index (Phi) is 8.83. The second-order valence-corrected chi connectivity index (χ2v) is 13.6. The molecule has 1 spiro atoms. The number of nitrogens with zero attached hydrogens (tertiary/aromatic N) is 5. The third-order valence-electron chi connectivity index (χ3n) is 9.57. The Morgan fingerprint density at radius 1 is 1.18 bits per heavy atom. The van der Waals surface area contributed by atoms with Gasteiger partial charge >= 0.3 is 5.97 Å². The zero-order valence-electron chi connectivity index (χ0n) is 25.4. The van der Waals surface area contributed by atoms with Crippen LogP contribution in [0, 0.1) is 17.8 Å². The molecule has 0 aliphatic carbocycles. The molecule has 11 heteroatoms. The van der Waals surface area contributed by atoms with E-state index in [1.165, 1.54) is 0 Å². The predicted molar refractivity (Wildman–Crippen MR) is 172 cm³/mol. The molecule has 3 saturated heterocycles. The monoisotopic (exact) mass is 629 g/mol. The molecule has 0 radical (unpaired) electrons. The van der Waals surface area contributed by atoms with Crippen LogP contribution in [0.2, 0.25) is 0 Å². The van der Waals surface area contributed by atoms with Crippen LogP contribution in [-0.2, 0) is 25.8 Å². The quantitative estimate of drug-likeness (QED) is 0.171. The first-order chi connectivity index (χ1) is 21.9. The summed E-state index contributed by atoms with van der Waals surface area (Å²) in [6.45, 7) is 9.88. The maximum atomic E-state index is 15.0. The van der Waals surface area contributed by atoms with E-state index in [1.54, 1.807) is 38.4 Å².